The number of aliphatic carboxylic acids is 1. The number of halogens is 1. The Morgan fingerprint density at radius 3 is 2.70 bits per heavy atom. The van der Waals surface area contributed by atoms with Crippen LogP contribution in [-0.4, -0.2) is 34.6 Å². The van der Waals surface area contributed by atoms with E-state index in [9.17, 15) is 24.1 Å². The van der Waals surface area contributed by atoms with E-state index >= 15 is 0 Å². The molecule has 8 nitrogen and oxygen atoms in total. The van der Waals surface area contributed by atoms with Crippen molar-refractivity contribution in [2.45, 2.75) is 13.0 Å². The van der Waals surface area contributed by atoms with Crippen LogP contribution in [0.4, 0.5) is 10.1 Å². The highest BCUT2D eigenvalue weighted by atomic mass is 19.1. The number of nitro groups is 1. The first-order valence-corrected chi connectivity index (χ1v) is 5.38. The van der Waals surface area contributed by atoms with Gasteiger partial charge in [-0.25, -0.2) is 9.18 Å². The maximum Gasteiger partial charge on any atom is 0.329 e. The molecule has 108 valence electrons. The van der Waals surface area contributed by atoms with Crippen LogP contribution < -0.4 is 10.1 Å². The summed E-state index contributed by atoms with van der Waals surface area (Å²) >= 11 is 0. The zero-order valence-corrected chi connectivity index (χ0v) is 10.3. The summed E-state index contributed by atoms with van der Waals surface area (Å²) in [4.78, 5) is 31.5. The molecule has 1 rings (SSSR count). The van der Waals surface area contributed by atoms with Crippen LogP contribution in [0, 0.1) is 15.9 Å². The lowest BCUT2D eigenvalue weighted by atomic mass is 10.2. The summed E-state index contributed by atoms with van der Waals surface area (Å²) in [6.07, 6.45) is 0. The molecule has 1 amide bonds. The number of carboxylic acids is 1. The highest BCUT2D eigenvalue weighted by molar-refractivity contribution is 5.82. The minimum atomic E-state index is -1.44. The van der Waals surface area contributed by atoms with Crippen molar-refractivity contribution in [3.63, 3.8) is 0 Å². The van der Waals surface area contributed by atoms with E-state index in [0.717, 1.165) is 25.1 Å². The minimum absolute atomic E-state index is 0.621. The second kappa shape index (κ2) is 6.45. The van der Waals surface area contributed by atoms with E-state index in [-0.39, 0.29) is 0 Å². The number of para-hydroxylation sites is 1. The molecule has 0 aliphatic rings. The van der Waals surface area contributed by atoms with Crippen molar-refractivity contribution in [3.05, 3.63) is 34.1 Å². The van der Waals surface area contributed by atoms with E-state index < -0.39 is 46.7 Å². The number of nitro benzene ring substituents is 1. The summed E-state index contributed by atoms with van der Waals surface area (Å²) in [5.41, 5.74) is -0.628. The first-order valence-electron chi connectivity index (χ1n) is 5.38. The third-order valence-electron chi connectivity index (χ3n) is 2.21. The number of carbonyl (C=O) groups is 2. The van der Waals surface area contributed by atoms with Crippen LogP contribution >= 0.6 is 0 Å². The van der Waals surface area contributed by atoms with Gasteiger partial charge in [-0.1, -0.05) is 6.07 Å². The van der Waals surface area contributed by atoms with Gasteiger partial charge in [0, 0.05) is 13.0 Å². The van der Waals surface area contributed by atoms with Crippen LogP contribution in [0.5, 0.6) is 5.75 Å². The lowest BCUT2D eigenvalue weighted by molar-refractivity contribution is -0.386. The maximum atomic E-state index is 13.5. The second-order valence-electron chi connectivity index (χ2n) is 3.75. The zero-order valence-electron chi connectivity index (χ0n) is 10.3. The molecule has 0 aliphatic carbocycles. The van der Waals surface area contributed by atoms with Gasteiger partial charge in [0.15, 0.2) is 11.9 Å². The first kappa shape index (κ1) is 15.3. The van der Waals surface area contributed by atoms with Crippen LogP contribution in [0.2, 0.25) is 0 Å². The number of hydrogen-bond donors (Lipinski definition) is 2. The van der Waals surface area contributed by atoms with Crippen LogP contribution in [0.3, 0.4) is 0 Å². The fraction of sp³-hybridized carbons (Fsp3) is 0.273. The molecule has 0 fully saturated rings. The van der Waals surface area contributed by atoms with E-state index in [1.54, 1.807) is 0 Å². The molecule has 20 heavy (non-hydrogen) atoms. The average Bonchev–Trinajstić information content (AvgIpc) is 2.34. The van der Waals surface area contributed by atoms with Gasteiger partial charge in [-0.3, -0.25) is 14.9 Å². The largest absolute Gasteiger partial charge is 0.482 e. The van der Waals surface area contributed by atoms with Crippen molar-refractivity contribution < 1.29 is 28.7 Å². The monoisotopic (exact) mass is 286 g/mol. The van der Waals surface area contributed by atoms with Crippen molar-refractivity contribution in [2.75, 3.05) is 6.61 Å². The van der Waals surface area contributed by atoms with Gasteiger partial charge in [-0.05, 0) is 6.07 Å². The van der Waals surface area contributed by atoms with E-state index in [1.807, 2.05) is 0 Å². The topological polar surface area (TPSA) is 119 Å². The van der Waals surface area contributed by atoms with Crippen molar-refractivity contribution >= 4 is 17.6 Å². The highest BCUT2D eigenvalue weighted by Crippen LogP contribution is 2.29. The average molecular weight is 286 g/mol. The van der Waals surface area contributed by atoms with Gasteiger partial charge >= 0.3 is 11.7 Å². The van der Waals surface area contributed by atoms with E-state index in [2.05, 4.69) is 5.32 Å². The third-order valence-corrected chi connectivity index (χ3v) is 2.21. The Bertz CT molecular complexity index is 548. The molecule has 1 atom stereocenters. The molecule has 0 heterocycles. The summed E-state index contributed by atoms with van der Waals surface area (Å²) in [6.45, 7) is 0.457. The molecule has 0 saturated carbocycles. The molecule has 1 aromatic rings. The molecule has 0 aromatic heterocycles. The first-order chi connectivity index (χ1) is 9.32. The lowest BCUT2D eigenvalue weighted by Crippen LogP contribution is -2.43. The molecule has 0 spiro atoms. The normalized spacial score (nSPS) is 11.5. The summed E-state index contributed by atoms with van der Waals surface area (Å²) in [5, 5.41) is 21.6. The summed E-state index contributed by atoms with van der Waals surface area (Å²) in [7, 11) is 0. The molecule has 2 N–H and O–H groups in total. The molecule has 0 bridgehead atoms. The van der Waals surface area contributed by atoms with Crippen LogP contribution in [0.15, 0.2) is 18.2 Å². The Balaban J connectivity index is 2.90. The Labute approximate surface area is 112 Å². The predicted octanol–water partition coefficient (Wildman–Crippen LogP) is 0.702. The molecule has 9 heteroatoms. The molecular formula is C11H11FN2O6. The van der Waals surface area contributed by atoms with Crippen molar-refractivity contribution in [1.29, 1.82) is 0 Å². The van der Waals surface area contributed by atoms with Gasteiger partial charge in [0.1, 0.15) is 6.61 Å². The van der Waals surface area contributed by atoms with Gasteiger partial charge in [0.25, 0.3) is 0 Å². The number of nitrogens with one attached hydrogen (secondary N) is 1. The number of carboxylic acid groups (broad SMARTS) is 1. The van der Waals surface area contributed by atoms with E-state index in [1.165, 1.54) is 0 Å². The van der Waals surface area contributed by atoms with Crippen LogP contribution in [0.25, 0.3) is 0 Å². The van der Waals surface area contributed by atoms with E-state index in [0.29, 0.717) is 0 Å². The number of hydrogen-bond acceptors (Lipinski definition) is 5. The van der Waals surface area contributed by atoms with Crippen molar-refractivity contribution in [3.8, 4) is 5.75 Å². The smallest absolute Gasteiger partial charge is 0.329 e. The lowest BCUT2D eigenvalue weighted by Gasteiger charge is -2.14. The quantitative estimate of drug-likeness (QED) is 0.587. The number of amides is 1. The van der Waals surface area contributed by atoms with Crippen LogP contribution in [0.1, 0.15) is 6.92 Å². The predicted molar refractivity (Wildman–Crippen MR) is 63.8 cm³/mol. The van der Waals surface area contributed by atoms with Gasteiger partial charge < -0.3 is 15.2 Å². The van der Waals surface area contributed by atoms with Gasteiger partial charge in [-0.2, -0.15) is 0 Å². The number of nitrogens with zero attached hydrogens (tertiary/aromatic N) is 1. The van der Waals surface area contributed by atoms with Gasteiger partial charge in [-0.15, -0.1) is 0 Å². The zero-order chi connectivity index (χ0) is 15.3. The Kier molecular flexibility index (Phi) is 4.95. The molecule has 0 saturated heterocycles. The fourth-order valence-electron chi connectivity index (χ4n) is 1.37. The Morgan fingerprint density at radius 1 is 1.55 bits per heavy atom. The van der Waals surface area contributed by atoms with Gasteiger partial charge in [0.05, 0.1) is 4.92 Å². The Morgan fingerprint density at radius 2 is 2.20 bits per heavy atom. The maximum absolute atomic E-state index is 13.5. The summed E-state index contributed by atoms with van der Waals surface area (Å²) in [6, 6.07) is 1.65. The van der Waals surface area contributed by atoms with Crippen molar-refractivity contribution in [2.24, 2.45) is 0 Å². The molecule has 0 radical (unpaired) electrons. The summed E-state index contributed by atoms with van der Waals surface area (Å²) in [5.74, 6) is -3.69. The number of carbonyl (C=O) groups excluding carboxylic acids is 1. The molecule has 1 aromatic carbocycles. The van der Waals surface area contributed by atoms with Gasteiger partial charge in [0.2, 0.25) is 11.7 Å². The standard InChI is InChI=1S/C11H11FN2O6/c1-6(15)13-8(11(16)17)5-20-10-7(12)3-2-4-9(10)14(18)19/h2-4,8H,5H2,1H3,(H,13,15)(H,16,17). The number of rotatable bonds is 6. The SMILES string of the molecule is CC(=O)NC(COc1c(F)cccc1[N+](=O)[O-])C(=O)O. The van der Waals surface area contributed by atoms with E-state index in [4.69, 9.17) is 9.84 Å². The fourth-order valence-corrected chi connectivity index (χ4v) is 1.37. The number of ether oxygens (including phenoxy) is 1. The molecular weight excluding hydrogens is 275 g/mol. The number of benzene rings is 1. The molecule has 0 aliphatic heterocycles. The van der Waals surface area contributed by atoms with Crippen molar-refractivity contribution in [1.82, 2.24) is 5.32 Å². The van der Waals surface area contributed by atoms with Crippen LogP contribution in [-0.2, 0) is 9.59 Å². The second-order valence-corrected chi connectivity index (χ2v) is 3.75. The summed E-state index contributed by atoms with van der Waals surface area (Å²) < 4.78 is 18.3. The highest BCUT2D eigenvalue weighted by Gasteiger charge is 2.24. The third kappa shape index (κ3) is 3.90. The minimum Gasteiger partial charge on any atom is -0.482 e. The Hall–Kier alpha value is -2.71. The molecule has 1 unspecified atom stereocenters.